The van der Waals surface area contributed by atoms with Crippen LogP contribution in [0.25, 0.3) is 0 Å². The van der Waals surface area contributed by atoms with Crippen LogP contribution in [0.2, 0.25) is 0 Å². The zero-order chi connectivity index (χ0) is 15.2. The van der Waals surface area contributed by atoms with E-state index in [9.17, 15) is 13.2 Å². The molecule has 1 aliphatic rings. The quantitative estimate of drug-likeness (QED) is 0.757. The molecule has 1 fully saturated rings. The Morgan fingerprint density at radius 3 is 2.45 bits per heavy atom. The first-order valence-corrected chi connectivity index (χ1v) is 7.61. The van der Waals surface area contributed by atoms with Gasteiger partial charge in [0.05, 0.1) is 5.92 Å². The van der Waals surface area contributed by atoms with Crippen molar-refractivity contribution >= 4 is 0 Å². The van der Waals surface area contributed by atoms with Crippen LogP contribution >= 0.6 is 0 Å². The SMILES string of the molecule is CCN(CC)CCNC1(CN)CCCC(C(F)(F)F)C1. The summed E-state index contributed by atoms with van der Waals surface area (Å²) in [6.07, 6.45) is -2.40. The molecule has 1 saturated carbocycles. The van der Waals surface area contributed by atoms with E-state index in [1.807, 2.05) is 0 Å². The Bertz CT molecular complexity index is 279. The normalized spacial score (nSPS) is 28.1. The molecule has 0 spiro atoms. The molecule has 0 amide bonds. The highest BCUT2D eigenvalue weighted by molar-refractivity contribution is 4.96. The van der Waals surface area contributed by atoms with E-state index >= 15 is 0 Å². The largest absolute Gasteiger partial charge is 0.391 e. The molecule has 6 heteroatoms. The van der Waals surface area contributed by atoms with Crippen LogP contribution in [0.4, 0.5) is 13.2 Å². The van der Waals surface area contributed by atoms with Crippen LogP contribution in [0, 0.1) is 5.92 Å². The highest BCUT2D eigenvalue weighted by Crippen LogP contribution is 2.41. The van der Waals surface area contributed by atoms with Gasteiger partial charge in [0, 0.05) is 25.2 Å². The van der Waals surface area contributed by atoms with Gasteiger partial charge < -0.3 is 16.0 Å². The number of hydrogen-bond donors (Lipinski definition) is 2. The van der Waals surface area contributed by atoms with Crippen molar-refractivity contribution in [2.24, 2.45) is 11.7 Å². The Kier molecular flexibility index (Phi) is 6.75. The molecule has 120 valence electrons. The number of likely N-dealkylation sites (N-methyl/N-ethyl adjacent to an activating group) is 1. The maximum absolute atomic E-state index is 12.9. The molecule has 0 aliphatic heterocycles. The van der Waals surface area contributed by atoms with Crippen LogP contribution in [0.5, 0.6) is 0 Å². The third-order valence-corrected chi connectivity index (χ3v) is 4.52. The summed E-state index contributed by atoms with van der Waals surface area (Å²) in [7, 11) is 0. The summed E-state index contributed by atoms with van der Waals surface area (Å²) < 4.78 is 38.7. The van der Waals surface area contributed by atoms with Crippen molar-refractivity contribution in [2.75, 3.05) is 32.7 Å². The van der Waals surface area contributed by atoms with Crippen LogP contribution in [0.15, 0.2) is 0 Å². The van der Waals surface area contributed by atoms with E-state index in [0.29, 0.717) is 13.0 Å². The molecule has 2 unspecified atom stereocenters. The molecule has 0 radical (unpaired) electrons. The fourth-order valence-electron chi connectivity index (χ4n) is 3.08. The van der Waals surface area contributed by atoms with Crippen molar-refractivity contribution in [2.45, 2.75) is 51.2 Å². The molecular weight excluding hydrogens is 267 g/mol. The van der Waals surface area contributed by atoms with E-state index in [4.69, 9.17) is 5.73 Å². The molecule has 0 aromatic rings. The van der Waals surface area contributed by atoms with Crippen molar-refractivity contribution < 1.29 is 13.2 Å². The van der Waals surface area contributed by atoms with Crippen molar-refractivity contribution in [1.82, 2.24) is 10.2 Å². The van der Waals surface area contributed by atoms with Crippen molar-refractivity contribution in [3.05, 3.63) is 0 Å². The minimum atomic E-state index is -4.10. The van der Waals surface area contributed by atoms with E-state index in [1.54, 1.807) is 0 Å². The van der Waals surface area contributed by atoms with E-state index in [2.05, 4.69) is 24.1 Å². The average Bonchev–Trinajstić information content (AvgIpc) is 2.43. The maximum Gasteiger partial charge on any atom is 0.391 e. The van der Waals surface area contributed by atoms with E-state index in [-0.39, 0.29) is 19.4 Å². The molecule has 0 saturated heterocycles. The third kappa shape index (κ3) is 4.90. The molecule has 0 heterocycles. The Labute approximate surface area is 120 Å². The number of nitrogens with one attached hydrogen (secondary N) is 1. The summed E-state index contributed by atoms with van der Waals surface area (Å²) in [6.45, 7) is 7.91. The average molecular weight is 295 g/mol. The van der Waals surface area contributed by atoms with Gasteiger partial charge in [0.15, 0.2) is 0 Å². The monoisotopic (exact) mass is 295 g/mol. The second kappa shape index (κ2) is 7.61. The van der Waals surface area contributed by atoms with Crippen LogP contribution in [-0.4, -0.2) is 49.3 Å². The summed E-state index contributed by atoms with van der Waals surface area (Å²) in [5.74, 6) is -1.21. The van der Waals surface area contributed by atoms with Crippen LogP contribution < -0.4 is 11.1 Å². The van der Waals surface area contributed by atoms with Crippen molar-refractivity contribution in [1.29, 1.82) is 0 Å². The Hall–Kier alpha value is -0.330. The predicted molar refractivity (Wildman–Crippen MR) is 75.6 cm³/mol. The van der Waals surface area contributed by atoms with Gasteiger partial charge in [0.1, 0.15) is 0 Å². The maximum atomic E-state index is 12.9. The fourth-order valence-corrected chi connectivity index (χ4v) is 3.08. The highest BCUT2D eigenvalue weighted by atomic mass is 19.4. The van der Waals surface area contributed by atoms with Crippen molar-refractivity contribution in [3.8, 4) is 0 Å². The van der Waals surface area contributed by atoms with Gasteiger partial charge >= 0.3 is 6.18 Å². The molecule has 1 rings (SSSR count). The second-order valence-electron chi connectivity index (χ2n) is 5.77. The highest BCUT2D eigenvalue weighted by Gasteiger charge is 2.46. The minimum absolute atomic E-state index is 0.116. The Balaban J connectivity index is 2.54. The van der Waals surface area contributed by atoms with Gasteiger partial charge in [-0.15, -0.1) is 0 Å². The zero-order valence-corrected chi connectivity index (χ0v) is 12.6. The van der Waals surface area contributed by atoms with Crippen molar-refractivity contribution in [3.63, 3.8) is 0 Å². The summed E-state index contributed by atoms with van der Waals surface area (Å²) in [5.41, 5.74) is 5.25. The Morgan fingerprint density at radius 2 is 1.95 bits per heavy atom. The first-order valence-electron chi connectivity index (χ1n) is 7.61. The number of hydrogen-bond acceptors (Lipinski definition) is 3. The van der Waals surface area contributed by atoms with Crippen LogP contribution in [0.3, 0.4) is 0 Å². The van der Waals surface area contributed by atoms with Gasteiger partial charge in [0.2, 0.25) is 0 Å². The molecule has 0 bridgehead atoms. The predicted octanol–water partition coefficient (Wildman–Crippen LogP) is 2.37. The van der Waals surface area contributed by atoms with E-state index in [0.717, 1.165) is 26.1 Å². The summed E-state index contributed by atoms with van der Waals surface area (Å²) >= 11 is 0. The number of nitrogens with zero attached hydrogens (tertiary/aromatic N) is 1. The molecule has 3 nitrogen and oxygen atoms in total. The molecule has 20 heavy (non-hydrogen) atoms. The third-order valence-electron chi connectivity index (χ3n) is 4.52. The second-order valence-corrected chi connectivity index (χ2v) is 5.77. The number of nitrogens with two attached hydrogens (primary N) is 1. The van der Waals surface area contributed by atoms with Gasteiger partial charge in [0.25, 0.3) is 0 Å². The smallest absolute Gasteiger partial charge is 0.329 e. The van der Waals surface area contributed by atoms with E-state index < -0.39 is 17.6 Å². The lowest BCUT2D eigenvalue weighted by atomic mass is 9.75. The molecule has 3 N–H and O–H groups in total. The number of alkyl halides is 3. The van der Waals surface area contributed by atoms with Gasteiger partial charge in [-0.25, -0.2) is 0 Å². The molecular formula is C14H28F3N3. The minimum Gasteiger partial charge on any atom is -0.329 e. The lowest BCUT2D eigenvalue weighted by molar-refractivity contribution is -0.188. The Morgan fingerprint density at radius 1 is 1.30 bits per heavy atom. The summed E-state index contributed by atoms with van der Waals surface area (Å²) in [5, 5.41) is 3.32. The van der Waals surface area contributed by atoms with Crippen LogP contribution in [-0.2, 0) is 0 Å². The van der Waals surface area contributed by atoms with Gasteiger partial charge in [-0.1, -0.05) is 20.3 Å². The van der Waals surface area contributed by atoms with Gasteiger partial charge in [-0.3, -0.25) is 0 Å². The number of halogens is 3. The lowest BCUT2D eigenvalue weighted by Crippen LogP contribution is -2.56. The first-order chi connectivity index (χ1) is 9.37. The molecule has 2 atom stereocenters. The lowest BCUT2D eigenvalue weighted by Gasteiger charge is -2.42. The zero-order valence-electron chi connectivity index (χ0n) is 12.6. The van der Waals surface area contributed by atoms with E-state index in [1.165, 1.54) is 0 Å². The number of rotatable bonds is 7. The summed E-state index contributed by atoms with van der Waals surface area (Å²) in [4.78, 5) is 2.25. The molecule has 0 aromatic heterocycles. The first kappa shape index (κ1) is 17.7. The molecule has 0 aromatic carbocycles. The van der Waals surface area contributed by atoms with Gasteiger partial charge in [-0.2, -0.15) is 13.2 Å². The standard InChI is InChI=1S/C14H28F3N3/c1-3-20(4-2)9-8-19-13(11-18)7-5-6-12(10-13)14(15,16)17/h12,19H,3-11,18H2,1-2H3. The topological polar surface area (TPSA) is 41.3 Å². The van der Waals surface area contributed by atoms with Crippen LogP contribution in [0.1, 0.15) is 39.5 Å². The molecule has 1 aliphatic carbocycles. The fraction of sp³-hybridized carbons (Fsp3) is 1.00. The van der Waals surface area contributed by atoms with Gasteiger partial charge in [-0.05, 0) is 32.4 Å². The summed E-state index contributed by atoms with van der Waals surface area (Å²) in [6, 6.07) is 0.